The third kappa shape index (κ3) is 4.69. The Morgan fingerprint density at radius 3 is 2.59 bits per heavy atom. The molecule has 156 valence electrons. The number of hydrogen-bond donors (Lipinski definition) is 1. The molecule has 0 spiro atoms. The van der Waals surface area contributed by atoms with E-state index in [1.807, 2.05) is 21.8 Å². The molecule has 1 aromatic carbocycles. The SMILES string of the molecule is COCC(=O)N1CC[C@@]2(O)CCN(Cc3ccc(Cn4cccn4)cc3)C[C@H]2C1. The highest BCUT2D eigenvalue weighted by molar-refractivity contribution is 5.77. The van der Waals surface area contributed by atoms with Crippen molar-refractivity contribution in [1.29, 1.82) is 0 Å². The van der Waals surface area contributed by atoms with Gasteiger partial charge >= 0.3 is 0 Å². The zero-order chi connectivity index (χ0) is 20.3. The van der Waals surface area contributed by atoms with E-state index in [1.165, 1.54) is 11.1 Å². The van der Waals surface area contributed by atoms with E-state index in [4.69, 9.17) is 4.74 Å². The molecule has 7 nitrogen and oxygen atoms in total. The molecule has 0 saturated carbocycles. The molecule has 2 aliphatic heterocycles. The van der Waals surface area contributed by atoms with Crippen LogP contribution in [-0.4, -0.2) is 76.1 Å². The Balaban J connectivity index is 1.35. The van der Waals surface area contributed by atoms with Crippen LogP contribution in [0.1, 0.15) is 24.0 Å². The number of ether oxygens (including phenoxy) is 1. The molecule has 3 heterocycles. The standard InChI is InChI=1S/C22H30N4O3/c1-29-17-21(27)25-12-8-22(28)7-11-24(15-20(22)16-25)13-18-3-5-19(6-4-18)14-26-10-2-9-23-26/h2-6,9-10,20,28H,7-8,11-17H2,1H3/t20-,22-/m0/s1. The fourth-order valence-corrected chi connectivity index (χ4v) is 4.55. The van der Waals surface area contributed by atoms with Crippen LogP contribution < -0.4 is 0 Å². The van der Waals surface area contributed by atoms with Crippen molar-refractivity contribution in [2.75, 3.05) is 39.9 Å². The van der Waals surface area contributed by atoms with Gasteiger partial charge in [0.2, 0.25) is 5.91 Å². The van der Waals surface area contributed by atoms with Gasteiger partial charge in [0.05, 0.1) is 12.1 Å². The summed E-state index contributed by atoms with van der Waals surface area (Å²) in [5.41, 5.74) is 1.85. The number of amides is 1. The van der Waals surface area contributed by atoms with E-state index >= 15 is 0 Å². The molecule has 2 atom stereocenters. The molecule has 2 fully saturated rings. The van der Waals surface area contributed by atoms with E-state index in [1.54, 1.807) is 13.3 Å². The number of aromatic nitrogens is 2. The number of methoxy groups -OCH3 is 1. The lowest BCUT2D eigenvalue weighted by molar-refractivity contribution is -0.150. The first-order chi connectivity index (χ1) is 14.1. The normalized spacial score (nSPS) is 25.0. The molecule has 1 amide bonds. The molecule has 2 aliphatic rings. The van der Waals surface area contributed by atoms with Gasteiger partial charge in [0.1, 0.15) is 6.61 Å². The van der Waals surface area contributed by atoms with Gasteiger partial charge in [0, 0.05) is 58.1 Å². The van der Waals surface area contributed by atoms with Crippen LogP contribution in [0.5, 0.6) is 0 Å². The monoisotopic (exact) mass is 398 g/mol. The highest BCUT2D eigenvalue weighted by Crippen LogP contribution is 2.36. The first-order valence-corrected chi connectivity index (χ1v) is 10.3. The fraction of sp³-hybridized carbons (Fsp3) is 0.545. The van der Waals surface area contributed by atoms with Crippen LogP contribution in [-0.2, 0) is 22.6 Å². The second-order valence-electron chi connectivity index (χ2n) is 8.33. The van der Waals surface area contributed by atoms with Crippen molar-refractivity contribution in [3.05, 3.63) is 53.9 Å². The van der Waals surface area contributed by atoms with E-state index < -0.39 is 5.60 Å². The summed E-state index contributed by atoms with van der Waals surface area (Å²) in [5, 5.41) is 15.3. The summed E-state index contributed by atoms with van der Waals surface area (Å²) in [6.45, 7) is 4.67. The first kappa shape index (κ1) is 20.1. The van der Waals surface area contributed by atoms with E-state index in [2.05, 4.69) is 34.3 Å². The number of rotatable bonds is 6. The maximum atomic E-state index is 12.2. The number of aliphatic hydroxyl groups is 1. The third-order valence-electron chi connectivity index (χ3n) is 6.31. The molecule has 7 heteroatoms. The van der Waals surface area contributed by atoms with Gasteiger partial charge in [-0.2, -0.15) is 5.10 Å². The average Bonchev–Trinajstić information content (AvgIpc) is 3.22. The number of hydrogen-bond acceptors (Lipinski definition) is 5. The lowest BCUT2D eigenvalue weighted by atomic mass is 9.75. The number of carbonyl (C=O) groups excluding carboxylic acids is 1. The Kier molecular flexibility index (Phi) is 5.99. The maximum absolute atomic E-state index is 12.2. The highest BCUT2D eigenvalue weighted by Gasteiger charge is 2.45. The number of likely N-dealkylation sites (tertiary alicyclic amines) is 2. The minimum atomic E-state index is -0.645. The molecule has 0 unspecified atom stereocenters. The summed E-state index contributed by atoms with van der Waals surface area (Å²) in [5.74, 6) is 0.101. The summed E-state index contributed by atoms with van der Waals surface area (Å²) in [6, 6.07) is 10.6. The Labute approximate surface area is 171 Å². The predicted molar refractivity (Wildman–Crippen MR) is 109 cm³/mol. The number of carbonyl (C=O) groups is 1. The minimum Gasteiger partial charge on any atom is -0.389 e. The van der Waals surface area contributed by atoms with Gasteiger partial charge < -0.3 is 14.7 Å². The van der Waals surface area contributed by atoms with Gasteiger partial charge in [-0.1, -0.05) is 24.3 Å². The van der Waals surface area contributed by atoms with Gasteiger partial charge in [-0.05, 0) is 30.0 Å². The van der Waals surface area contributed by atoms with Crippen molar-refractivity contribution in [3.63, 3.8) is 0 Å². The van der Waals surface area contributed by atoms with Crippen molar-refractivity contribution in [2.45, 2.75) is 31.5 Å². The largest absolute Gasteiger partial charge is 0.389 e. The quantitative estimate of drug-likeness (QED) is 0.796. The second-order valence-corrected chi connectivity index (χ2v) is 8.33. The van der Waals surface area contributed by atoms with Gasteiger partial charge in [-0.25, -0.2) is 0 Å². The Hall–Kier alpha value is -2.22. The zero-order valence-electron chi connectivity index (χ0n) is 17.0. The topological polar surface area (TPSA) is 70.8 Å². The molecular weight excluding hydrogens is 368 g/mol. The van der Waals surface area contributed by atoms with E-state index in [0.29, 0.717) is 19.5 Å². The van der Waals surface area contributed by atoms with Crippen LogP contribution in [0.3, 0.4) is 0 Å². The van der Waals surface area contributed by atoms with E-state index in [-0.39, 0.29) is 18.4 Å². The van der Waals surface area contributed by atoms with Crippen molar-refractivity contribution >= 4 is 5.91 Å². The van der Waals surface area contributed by atoms with Crippen LogP contribution in [0.4, 0.5) is 0 Å². The molecule has 0 radical (unpaired) electrons. The summed E-state index contributed by atoms with van der Waals surface area (Å²) in [7, 11) is 1.54. The number of fused-ring (bicyclic) bond motifs is 1. The molecule has 2 saturated heterocycles. The van der Waals surface area contributed by atoms with Crippen LogP contribution >= 0.6 is 0 Å². The van der Waals surface area contributed by atoms with Crippen LogP contribution in [0.25, 0.3) is 0 Å². The Morgan fingerprint density at radius 2 is 1.90 bits per heavy atom. The van der Waals surface area contributed by atoms with Gasteiger partial charge in [0.15, 0.2) is 0 Å². The Morgan fingerprint density at radius 1 is 1.17 bits per heavy atom. The first-order valence-electron chi connectivity index (χ1n) is 10.3. The van der Waals surface area contributed by atoms with Crippen molar-refractivity contribution < 1.29 is 14.6 Å². The van der Waals surface area contributed by atoms with Crippen LogP contribution in [0.15, 0.2) is 42.7 Å². The molecular formula is C22H30N4O3. The number of nitrogens with zero attached hydrogens (tertiary/aromatic N) is 4. The average molecular weight is 399 g/mol. The fourth-order valence-electron chi connectivity index (χ4n) is 4.55. The summed E-state index contributed by atoms with van der Waals surface area (Å²) < 4.78 is 6.91. The minimum absolute atomic E-state index is 0.0134. The van der Waals surface area contributed by atoms with Crippen molar-refractivity contribution in [1.82, 2.24) is 19.6 Å². The van der Waals surface area contributed by atoms with Gasteiger partial charge in [-0.15, -0.1) is 0 Å². The van der Waals surface area contributed by atoms with E-state index in [0.717, 1.165) is 32.6 Å². The van der Waals surface area contributed by atoms with Crippen molar-refractivity contribution in [3.8, 4) is 0 Å². The predicted octanol–water partition coefficient (Wildman–Crippen LogP) is 1.36. The summed E-state index contributed by atoms with van der Waals surface area (Å²) in [4.78, 5) is 16.4. The number of benzene rings is 1. The molecule has 0 aliphatic carbocycles. The molecule has 1 aromatic heterocycles. The lowest BCUT2D eigenvalue weighted by Gasteiger charge is -2.50. The Bertz CT molecular complexity index is 808. The molecule has 2 aromatic rings. The number of piperidine rings is 2. The van der Waals surface area contributed by atoms with Crippen LogP contribution in [0.2, 0.25) is 0 Å². The third-order valence-corrected chi connectivity index (χ3v) is 6.31. The lowest BCUT2D eigenvalue weighted by Crippen LogP contribution is -2.60. The molecule has 4 rings (SSSR count). The van der Waals surface area contributed by atoms with Gasteiger partial charge in [0.25, 0.3) is 0 Å². The zero-order valence-corrected chi connectivity index (χ0v) is 17.0. The molecule has 0 bridgehead atoms. The van der Waals surface area contributed by atoms with E-state index in [9.17, 15) is 9.90 Å². The summed E-state index contributed by atoms with van der Waals surface area (Å²) >= 11 is 0. The molecule has 29 heavy (non-hydrogen) atoms. The molecule has 1 N–H and O–H groups in total. The summed E-state index contributed by atoms with van der Waals surface area (Å²) in [6.07, 6.45) is 5.18. The highest BCUT2D eigenvalue weighted by atomic mass is 16.5. The smallest absolute Gasteiger partial charge is 0.248 e. The maximum Gasteiger partial charge on any atom is 0.248 e. The van der Waals surface area contributed by atoms with Crippen molar-refractivity contribution in [2.24, 2.45) is 5.92 Å². The second kappa shape index (κ2) is 8.65. The van der Waals surface area contributed by atoms with Gasteiger partial charge in [-0.3, -0.25) is 14.4 Å². The van der Waals surface area contributed by atoms with Crippen LogP contribution in [0, 0.1) is 5.92 Å².